The van der Waals surface area contributed by atoms with Crippen LogP contribution in [0.1, 0.15) is 24.2 Å². The molecule has 0 aliphatic heterocycles. The first-order valence-corrected chi connectivity index (χ1v) is 6.49. The van der Waals surface area contributed by atoms with Gasteiger partial charge < -0.3 is 10.1 Å². The van der Waals surface area contributed by atoms with Crippen molar-refractivity contribution in [1.82, 2.24) is 0 Å². The van der Waals surface area contributed by atoms with Gasteiger partial charge in [0.25, 0.3) is 5.91 Å². The Morgan fingerprint density at radius 1 is 1.10 bits per heavy atom. The number of rotatable bonds is 4. The summed E-state index contributed by atoms with van der Waals surface area (Å²) in [6.07, 6.45) is -0.0497. The van der Waals surface area contributed by atoms with Gasteiger partial charge in [-0.05, 0) is 44.2 Å². The molecular formula is C16H15F2NO2. The van der Waals surface area contributed by atoms with Gasteiger partial charge in [0.2, 0.25) is 0 Å². The highest BCUT2D eigenvalue weighted by Crippen LogP contribution is 2.25. The number of halogens is 2. The quantitative estimate of drug-likeness (QED) is 0.924. The summed E-state index contributed by atoms with van der Waals surface area (Å²) < 4.78 is 31.6. The summed E-state index contributed by atoms with van der Waals surface area (Å²) >= 11 is 0. The van der Waals surface area contributed by atoms with Gasteiger partial charge in [0.1, 0.15) is 5.75 Å². The fourth-order valence-corrected chi connectivity index (χ4v) is 1.76. The predicted octanol–water partition coefficient (Wildman–Crippen LogP) is 4.00. The molecule has 0 fully saturated rings. The molecule has 0 radical (unpaired) electrons. The Morgan fingerprint density at radius 3 is 2.48 bits per heavy atom. The Labute approximate surface area is 121 Å². The lowest BCUT2D eigenvalue weighted by Gasteiger charge is -2.14. The number of carbonyl (C=O) groups is 1. The number of carbonyl (C=O) groups excluding carboxylic acids is 1. The zero-order valence-corrected chi connectivity index (χ0v) is 11.7. The lowest BCUT2D eigenvalue weighted by Crippen LogP contribution is -2.14. The Kier molecular flexibility index (Phi) is 4.52. The van der Waals surface area contributed by atoms with Crippen molar-refractivity contribution < 1.29 is 18.3 Å². The molecule has 2 rings (SSSR count). The van der Waals surface area contributed by atoms with E-state index in [0.29, 0.717) is 11.4 Å². The van der Waals surface area contributed by atoms with E-state index >= 15 is 0 Å². The molecule has 0 aliphatic carbocycles. The van der Waals surface area contributed by atoms with Gasteiger partial charge in [-0.25, -0.2) is 8.78 Å². The van der Waals surface area contributed by atoms with Crippen molar-refractivity contribution in [3.8, 4) is 5.75 Å². The minimum Gasteiger partial charge on any atom is -0.489 e. The number of para-hydroxylation sites is 2. The van der Waals surface area contributed by atoms with Crippen molar-refractivity contribution in [2.24, 2.45) is 0 Å². The standard InChI is InChI=1S/C16H15F2NO2/c1-10(2)21-15-6-4-3-5-14(15)19-16(20)11-7-8-12(17)13(18)9-11/h3-10H,1-2H3,(H,19,20). The summed E-state index contributed by atoms with van der Waals surface area (Å²) in [4.78, 5) is 12.1. The van der Waals surface area contributed by atoms with Gasteiger partial charge >= 0.3 is 0 Å². The van der Waals surface area contributed by atoms with Gasteiger partial charge in [-0.1, -0.05) is 12.1 Å². The molecule has 0 unspecified atom stereocenters. The third-order valence-corrected chi connectivity index (χ3v) is 2.68. The van der Waals surface area contributed by atoms with Crippen LogP contribution in [0.2, 0.25) is 0 Å². The second kappa shape index (κ2) is 6.35. The first-order valence-electron chi connectivity index (χ1n) is 6.49. The molecule has 0 heterocycles. The van der Waals surface area contributed by atoms with Crippen molar-refractivity contribution >= 4 is 11.6 Å². The number of nitrogens with one attached hydrogen (secondary N) is 1. The predicted molar refractivity (Wildman–Crippen MR) is 76.5 cm³/mol. The van der Waals surface area contributed by atoms with Crippen LogP contribution in [0.25, 0.3) is 0 Å². The van der Waals surface area contributed by atoms with Crippen molar-refractivity contribution in [1.29, 1.82) is 0 Å². The molecule has 1 N–H and O–H groups in total. The Hall–Kier alpha value is -2.43. The van der Waals surface area contributed by atoms with E-state index in [9.17, 15) is 13.6 Å². The molecule has 0 bridgehead atoms. The van der Waals surface area contributed by atoms with Crippen LogP contribution in [0.3, 0.4) is 0 Å². The Morgan fingerprint density at radius 2 is 1.81 bits per heavy atom. The summed E-state index contributed by atoms with van der Waals surface area (Å²) in [6, 6.07) is 9.92. The maximum Gasteiger partial charge on any atom is 0.255 e. The molecule has 110 valence electrons. The SMILES string of the molecule is CC(C)Oc1ccccc1NC(=O)c1ccc(F)c(F)c1. The summed E-state index contributed by atoms with van der Waals surface area (Å²) in [5.74, 6) is -2.07. The van der Waals surface area contributed by atoms with E-state index in [4.69, 9.17) is 4.74 Å². The average molecular weight is 291 g/mol. The van der Waals surface area contributed by atoms with Crippen LogP contribution >= 0.6 is 0 Å². The van der Waals surface area contributed by atoms with Gasteiger partial charge in [-0.3, -0.25) is 4.79 Å². The highest BCUT2D eigenvalue weighted by atomic mass is 19.2. The van der Waals surface area contributed by atoms with Crippen LogP contribution in [-0.4, -0.2) is 12.0 Å². The summed E-state index contributed by atoms with van der Waals surface area (Å²) in [6.45, 7) is 3.74. The lowest BCUT2D eigenvalue weighted by molar-refractivity contribution is 0.102. The second-order valence-electron chi connectivity index (χ2n) is 4.75. The van der Waals surface area contributed by atoms with Gasteiger partial charge in [0.05, 0.1) is 11.8 Å². The number of ether oxygens (including phenoxy) is 1. The largest absolute Gasteiger partial charge is 0.489 e. The molecule has 0 aliphatic rings. The normalized spacial score (nSPS) is 10.5. The summed E-state index contributed by atoms with van der Waals surface area (Å²) in [7, 11) is 0. The molecule has 3 nitrogen and oxygen atoms in total. The number of hydrogen-bond donors (Lipinski definition) is 1. The molecule has 2 aromatic rings. The van der Waals surface area contributed by atoms with Crippen LogP contribution in [0.15, 0.2) is 42.5 Å². The highest BCUT2D eigenvalue weighted by molar-refractivity contribution is 6.05. The second-order valence-corrected chi connectivity index (χ2v) is 4.75. The van der Waals surface area contributed by atoms with E-state index in [1.54, 1.807) is 24.3 Å². The fourth-order valence-electron chi connectivity index (χ4n) is 1.76. The number of hydrogen-bond acceptors (Lipinski definition) is 2. The molecule has 2 aromatic carbocycles. The van der Waals surface area contributed by atoms with Crippen molar-refractivity contribution in [3.05, 3.63) is 59.7 Å². The Bertz CT molecular complexity index is 656. The number of amides is 1. The van der Waals surface area contributed by atoms with Gasteiger partial charge in [-0.15, -0.1) is 0 Å². The van der Waals surface area contributed by atoms with Crippen molar-refractivity contribution in [2.75, 3.05) is 5.32 Å². The maximum atomic E-state index is 13.1. The van der Waals surface area contributed by atoms with Crippen molar-refractivity contribution in [2.45, 2.75) is 20.0 Å². The summed E-state index contributed by atoms with van der Waals surface area (Å²) in [5.41, 5.74) is 0.509. The topological polar surface area (TPSA) is 38.3 Å². The van der Waals surface area contributed by atoms with E-state index < -0.39 is 17.5 Å². The van der Waals surface area contributed by atoms with E-state index in [1.165, 1.54) is 6.07 Å². The third-order valence-electron chi connectivity index (χ3n) is 2.68. The maximum absolute atomic E-state index is 13.1. The smallest absolute Gasteiger partial charge is 0.255 e. The molecule has 5 heteroatoms. The number of benzene rings is 2. The van der Waals surface area contributed by atoms with E-state index in [-0.39, 0.29) is 11.7 Å². The first kappa shape index (κ1) is 15.0. The molecular weight excluding hydrogens is 276 g/mol. The number of anilines is 1. The van der Waals surface area contributed by atoms with Gasteiger partial charge in [0.15, 0.2) is 11.6 Å². The van der Waals surface area contributed by atoms with Gasteiger partial charge in [-0.2, -0.15) is 0 Å². The van der Waals surface area contributed by atoms with Crippen LogP contribution in [-0.2, 0) is 0 Å². The van der Waals surface area contributed by atoms with E-state index in [1.807, 2.05) is 13.8 Å². The molecule has 0 saturated heterocycles. The zero-order chi connectivity index (χ0) is 15.4. The van der Waals surface area contributed by atoms with Crippen LogP contribution in [0.4, 0.5) is 14.5 Å². The fraction of sp³-hybridized carbons (Fsp3) is 0.188. The molecule has 0 saturated carbocycles. The first-order chi connectivity index (χ1) is 9.97. The lowest BCUT2D eigenvalue weighted by atomic mass is 10.2. The van der Waals surface area contributed by atoms with Crippen LogP contribution in [0.5, 0.6) is 5.75 Å². The van der Waals surface area contributed by atoms with Crippen molar-refractivity contribution in [3.63, 3.8) is 0 Å². The molecule has 0 spiro atoms. The highest BCUT2D eigenvalue weighted by Gasteiger charge is 2.12. The molecule has 1 amide bonds. The third kappa shape index (κ3) is 3.78. The Balaban J connectivity index is 2.21. The molecule has 0 atom stereocenters. The van der Waals surface area contributed by atoms with E-state index in [0.717, 1.165) is 12.1 Å². The van der Waals surface area contributed by atoms with E-state index in [2.05, 4.69) is 5.32 Å². The van der Waals surface area contributed by atoms with Crippen LogP contribution < -0.4 is 10.1 Å². The minimum atomic E-state index is -1.06. The summed E-state index contributed by atoms with van der Waals surface area (Å²) in [5, 5.41) is 2.63. The van der Waals surface area contributed by atoms with Gasteiger partial charge in [0, 0.05) is 5.56 Å². The minimum absolute atomic E-state index is 0.0354. The molecule has 21 heavy (non-hydrogen) atoms. The zero-order valence-electron chi connectivity index (χ0n) is 11.7. The molecule has 0 aromatic heterocycles. The van der Waals surface area contributed by atoms with Crippen LogP contribution in [0, 0.1) is 11.6 Å². The average Bonchev–Trinajstić information content (AvgIpc) is 2.43. The monoisotopic (exact) mass is 291 g/mol.